The fourth-order valence-electron chi connectivity index (χ4n) is 3.84. The first-order chi connectivity index (χ1) is 15.7. The first-order valence-corrected chi connectivity index (χ1v) is 9.95. The highest BCUT2D eigenvalue weighted by Gasteiger charge is 2.46. The number of aromatic hydroxyl groups is 1. The Labute approximate surface area is 187 Å². The summed E-state index contributed by atoms with van der Waals surface area (Å²) in [4.78, 5) is 27.0. The number of Topliss-reactive ketones (excluding diaryl/α,β-unsaturated/α-hetero) is 1. The topological polar surface area (TPSA) is 77.8 Å². The lowest BCUT2D eigenvalue weighted by molar-refractivity contribution is -0.140. The molecule has 168 valence electrons. The van der Waals surface area contributed by atoms with Crippen LogP contribution >= 0.6 is 0 Å². The lowest BCUT2D eigenvalue weighted by atomic mass is 9.95. The van der Waals surface area contributed by atoms with E-state index in [1.165, 1.54) is 36.4 Å². The summed E-state index contributed by atoms with van der Waals surface area (Å²) in [5, 5.41) is 20.6. The molecule has 0 radical (unpaired) electrons. The zero-order chi connectivity index (χ0) is 23.8. The number of hydrogen-bond donors (Lipinski definition) is 2. The minimum absolute atomic E-state index is 0.0448. The van der Waals surface area contributed by atoms with Crippen LogP contribution in [0.4, 0.5) is 13.2 Å². The largest absolute Gasteiger partial charge is 0.508 e. The van der Waals surface area contributed by atoms with Gasteiger partial charge >= 0.3 is 6.18 Å². The van der Waals surface area contributed by atoms with Crippen molar-refractivity contribution < 1.29 is 33.0 Å². The number of carbonyl (C=O) groups is 2. The Morgan fingerprint density at radius 2 is 1.58 bits per heavy atom. The van der Waals surface area contributed by atoms with Crippen LogP contribution in [0.3, 0.4) is 0 Å². The van der Waals surface area contributed by atoms with E-state index in [2.05, 4.69) is 0 Å². The van der Waals surface area contributed by atoms with Crippen LogP contribution in [0.15, 0.2) is 84.4 Å². The van der Waals surface area contributed by atoms with Crippen molar-refractivity contribution in [2.75, 3.05) is 0 Å². The number of benzene rings is 3. The van der Waals surface area contributed by atoms with Crippen LogP contribution < -0.4 is 0 Å². The van der Waals surface area contributed by atoms with Gasteiger partial charge < -0.3 is 15.1 Å². The zero-order valence-corrected chi connectivity index (χ0v) is 17.1. The fraction of sp³-hybridized carbons (Fsp3) is 0.120. The van der Waals surface area contributed by atoms with E-state index in [1.807, 2.05) is 0 Å². The van der Waals surface area contributed by atoms with Gasteiger partial charge in [0.1, 0.15) is 11.5 Å². The third-order valence-electron chi connectivity index (χ3n) is 5.40. The van der Waals surface area contributed by atoms with Gasteiger partial charge in [-0.1, -0.05) is 54.6 Å². The first kappa shape index (κ1) is 22.1. The van der Waals surface area contributed by atoms with Gasteiger partial charge in [-0.15, -0.1) is 0 Å². The number of amides is 1. The molecule has 1 aliphatic rings. The summed E-state index contributed by atoms with van der Waals surface area (Å²) in [5.74, 6) is -2.32. The molecule has 1 saturated heterocycles. The molecular formula is C25H18F3NO4. The molecule has 1 aliphatic heterocycles. The van der Waals surface area contributed by atoms with Crippen molar-refractivity contribution in [3.05, 3.63) is 107 Å². The molecule has 4 rings (SSSR count). The highest BCUT2D eigenvalue weighted by molar-refractivity contribution is 6.46. The molecule has 0 spiro atoms. The first-order valence-electron chi connectivity index (χ1n) is 9.95. The number of rotatable bonds is 4. The molecule has 33 heavy (non-hydrogen) atoms. The Bertz CT molecular complexity index is 1230. The maximum Gasteiger partial charge on any atom is 0.416 e. The van der Waals surface area contributed by atoms with Gasteiger partial charge in [-0.05, 0) is 35.4 Å². The molecule has 1 atom stereocenters. The summed E-state index contributed by atoms with van der Waals surface area (Å²) in [7, 11) is 0. The molecule has 5 nitrogen and oxygen atoms in total. The zero-order valence-electron chi connectivity index (χ0n) is 17.1. The summed E-state index contributed by atoms with van der Waals surface area (Å²) >= 11 is 0. The number of aliphatic hydroxyl groups is 1. The average Bonchev–Trinajstić information content (AvgIpc) is 3.04. The Balaban J connectivity index is 1.83. The van der Waals surface area contributed by atoms with Crippen LogP contribution in [0.2, 0.25) is 0 Å². The van der Waals surface area contributed by atoms with E-state index in [0.29, 0.717) is 11.1 Å². The molecule has 1 amide bonds. The lowest BCUT2D eigenvalue weighted by Gasteiger charge is -2.25. The average molecular weight is 453 g/mol. The predicted octanol–water partition coefficient (Wildman–Crippen LogP) is 5.03. The number of phenolic OH excluding ortho intramolecular Hbond substituents is 1. The maximum atomic E-state index is 13.2. The summed E-state index contributed by atoms with van der Waals surface area (Å²) < 4.78 is 39.5. The number of alkyl halides is 3. The number of phenols is 1. The maximum absolute atomic E-state index is 13.2. The second-order valence-electron chi connectivity index (χ2n) is 7.58. The summed E-state index contributed by atoms with van der Waals surface area (Å²) in [5.41, 5.74) is -0.143. The molecule has 1 unspecified atom stereocenters. The molecule has 0 aliphatic carbocycles. The Morgan fingerprint density at radius 1 is 0.909 bits per heavy atom. The highest BCUT2D eigenvalue weighted by Crippen LogP contribution is 2.41. The number of aliphatic hydroxyl groups excluding tert-OH is 1. The number of hydrogen-bond acceptors (Lipinski definition) is 4. The molecule has 0 aromatic heterocycles. The van der Waals surface area contributed by atoms with Crippen LogP contribution in [0.25, 0.3) is 5.76 Å². The fourth-order valence-corrected chi connectivity index (χ4v) is 3.84. The molecule has 0 bridgehead atoms. The van der Waals surface area contributed by atoms with Crippen molar-refractivity contribution >= 4 is 17.4 Å². The van der Waals surface area contributed by atoms with Crippen LogP contribution in [-0.2, 0) is 22.3 Å². The SMILES string of the molecule is O=C1C(=O)N(Cc2cccc(C(F)(F)F)c2)C(c2ccc(O)cc2)/C1=C(\O)c1ccccc1. The van der Waals surface area contributed by atoms with E-state index in [-0.39, 0.29) is 23.4 Å². The van der Waals surface area contributed by atoms with Gasteiger partial charge in [0.05, 0.1) is 17.2 Å². The van der Waals surface area contributed by atoms with Gasteiger partial charge in [-0.25, -0.2) is 0 Å². The van der Waals surface area contributed by atoms with Crippen LogP contribution in [0.5, 0.6) is 5.75 Å². The van der Waals surface area contributed by atoms with Gasteiger partial charge in [-0.3, -0.25) is 9.59 Å². The van der Waals surface area contributed by atoms with Gasteiger partial charge in [0, 0.05) is 12.1 Å². The predicted molar refractivity (Wildman–Crippen MR) is 114 cm³/mol. The number of nitrogens with zero attached hydrogens (tertiary/aromatic N) is 1. The standard InChI is InChI=1S/C25H18F3NO4/c26-25(27,28)18-8-4-5-15(13-18)14-29-21(16-9-11-19(30)12-10-16)20(23(32)24(29)33)22(31)17-6-2-1-3-7-17/h1-13,21,30-31H,14H2/b22-20+. The highest BCUT2D eigenvalue weighted by atomic mass is 19.4. The molecule has 3 aromatic rings. The van der Waals surface area contributed by atoms with Crippen LogP contribution in [0, 0.1) is 0 Å². The monoisotopic (exact) mass is 453 g/mol. The van der Waals surface area contributed by atoms with Crippen LogP contribution in [0.1, 0.15) is 28.3 Å². The van der Waals surface area contributed by atoms with Gasteiger partial charge in [-0.2, -0.15) is 13.2 Å². The van der Waals surface area contributed by atoms with Crippen molar-refractivity contribution in [1.82, 2.24) is 4.90 Å². The quantitative estimate of drug-likeness (QED) is 0.330. The van der Waals surface area contributed by atoms with Crippen molar-refractivity contribution in [2.45, 2.75) is 18.8 Å². The summed E-state index contributed by atoms with van der Waals surface area (Å²) in [6, 6.07) is 17.3. The van der Waals surface area contributed by atoms with Gasteiger partial charge in [0.25, 0.3) is 11.7 Å². The lowest BCUT2D eigenvalue weighted by Crippen LogP contribution is -2.29. The molecule has 3 aromatic carbocycles. The number of ketones is 1. The Kier molecular flexibility index (Phi) is 5.68. The summed E-state index contributed by atoms with van der Waals surface area (Å²) in [6.45, 7) is -0.286. The van der Waals surface area contributed by atoms with Gasteiger partial charge in [0.15, 0.2) is 0 Å². The van der Waals surface area contributed by atoms with Crippen LogP contribution in [-0.4, -0.2) is 26.8 Å². The Morgan fingerprint density at radius 3 is 2.21 bits per heavy atom. The van der Waals surface area contributed by atoms with E-state index in [9.17, 15) is 33.0 Å². The third kappa shape index (κ3) is 4.32. The molecule has 1 heterocycles. The number of likely N-dealkylation sites (tertiary alicyclic amines) is 1. The minimum atomic E-state index is -4.56. The minimum Gasteiger partial charge on any atom is -0.508 e. The van der Waals surface area contributed by atoms with Gasteiger partial charge in [0.2, 0.25) is 0 Å². The number of halogens is 3. The molecule has 1 fully saturated rings. The van der Waals surface area contributed by atoms with E-state index >= 15 is 0 Å². The third-order valence-corrected chi connectivity index (χ3v) is 5.40. The van der Waals surface area contributed by atoms with Crippen molar-refractivity contribution in [3.63, 3.8) is 0 Å². The molecule has 2 N–H and O–H groups in total. The molecule has 0 saturated carbocycles. The van der Waals surface area contributed by atoms with E-state index < -0.39 is 35.2 Å². The Hall–Kier alpha value is -4.07. The smallest absolute Gasteiger partial charge is 0.416 e. The van der Waals surface area contributed by atoms with E-state index in [4.69, 9.17) is 0 Å². The normalized spacial score (nSPS) is 18.0. The number of carbonyl (C=O) groups excluding carboxylic acids is 2. The molecule has 8 heteroatoms. The molecular weight excluding hydrogens is 435 g/mol. The second-order valence-corrected chi connectivity index (χ2v) is 7.58. The second kappa shape index (κ2) is 8.46. The van der Waals surface area contributed by atoms with Crippen molar-refractivity contribution in [1.29, 1.82) is 0 Å². The van der Waals surface area contributed by atoms with Crippen molar-refractivity contribution in [3.8, 4) is 5.75 Å². The van der Waals surface area contributed by atoms with E-state index in [0.717, 1.165) is 17.0 Å². The summed E-state index contributed by atoms with van der Waals surface area (Å²) in [6.07, 6.45) is -4.56. The van der Waals surface area contributed by atoms with Crippen molar-refractivity contribution in [2.24, 2.45) is 0 Å². The van der Waals surface area contributed by atoms with E-state index in [1.54, 1.807) is 30.3 Å².